The summed E-state index contributed by atoms with van der Waals surface area (Å²) in [5.74, 6) is 3.07. The summed E-state index contributed by atoms with van der Waals surface area (Å²) < 4.78 is 16.5. The summed E-state index contributed by atoms with van der Waals surface area (Å²) in [7, 11) is 1.64. The Morgan fingerprint density at radius 2 is 2.03 bits per heavy atom. The van der Waals surface area contributed by atoms with Gasteiger partial charge >= 0.3 is 0 Å². The number of rotatable bonds is 8. The predicted octanol–water partition coefficient (Wildman–Crippen LogP) is 2.90. The molecular formula is C22H31N5O3. The minimum absolute atomic E-state index is 0.518. The molecule has 0 unspecified atom stereocenters. The Bertz CT molecular complexity index is 837. The van der Waals surface area contributed by atoms with Crippen LogP contribution in [0.2, 0.25) is 0 Å². The zero-order chi connectivity index (χ0) is 21.2. The molecule has 2 heterocycles. The van der Waals surface area contributed by atoms with Crippen molar-refractivity contribution in [2.24, 2.45) is 4.99 Å². The number of methoxy groups -OCH3 is 1. The lowest BCUT2D eigenvalue weighted by Crippen LogP contribution is -2.37. The Morgan fingerprint density at radius 1 is 1.20 bits per heavy atom. The average molecular weight is 414 g/mol. The molecule has 8 nitrogen and oxygen atoms in total. The Balaban J connectivity index is 1.76. The molecule has 8 heteroatoms. The first-order valence-corrected chi connectivity index (χ1v) is 10.4. The fourth-order valence-corrected chi connectivity index (χ4v) is 3.24. The second kappa shape index (κ2) is 11.3. The monoisotopic (exact) mass is 413 g/mol. The zero-order valence-electron chi connectivity index (χ0n) is 18.0. The molecule has 30 heavy (non-hydrogen) atoms. The number of morpholine rings is 1. The minimum atomic E-state index is 0.518. The SMILES string of the molecule is CCNC(=NCc1cccnc1N1CCOCC1)Nc1ccc(OC)c(OCC)c1. The van der Waals surface area contributed by atoms with Crippen molar-refractivity contribution in [2.45, 2.75) is 20.4 Å². The van der Waals surface area contributed by atoms with Gasteiger partial charge in [0.05, 0.1) is 33.5 Å². The standard InChI is InChI=1S/C22H31N5O3/c1-4-23-22(26-18-8-9-19(28-3)20(15-18)30-5-2)25-16-17-7-6-10-24-21(17)27-11-13-29-14-12-27/h6-10,15H,4-5,11-14,16H2,1-3H3,(H2,23,25,26). The topological polar surface area (TPSA) is 80.2 Å². The van der Waals surface area contributed by atoms with Crippen molar-refractivity contribution in [3.05, 3.63) is 42.1 Å². The maximum absolute atomic E-state index is 5.67. The first-order valence-electron chi connectivity index (χ1n) is 10.4. The van der Waals surface area contributed by atoms with E-state index in [2.05, 4.69) is 26.6 Å². The van der Waals surface area contributed by atoms with Gasteiger partial charge in [0, 0.05) is 43.1 Å². The third kappa shape index (κ3) is 5.76. The van der Waals surface area contributed by atoms with Gasteiger partial charge in [-0.05, 0) is 32.0 Å². The van der Waals surface area contributed by atoms with Crippen LogP contribution in [0.3, 0.4) is 0 Å². The minimum Gasteiger partial charge on any atom is -0.493 e. The van der Waals surface area contributed by atoms with Gasteiger partial charge in [0.1, 0.15) is 5.82 Å². The summed E-state index contributed by atoms with van der Waals surface area (Å²) in [6.45, 7) is 8.97. The molecule has 1 aromatic carbocycles. The van der Waals surface area contributed by atoms with E-state index in [1.54, 1.807) is 7.11 Å². The van der Waals surface area contributed by atoms with Crippen molar-refractivity contribution in [2.75, 3.05) is 56.8 Å². The van der Waals surface area contributed by atoms with Gasteiger partial charge in [-0.2, -0.15) is 0 Å². The normalized spacial score (nSPS) is 14.4. The van der Waals surface area contributed by atoms with Gasteiger partial charge in [0.25, 0.3) is 0 Å². The summed E-state index contributed by atoms with van der Waals surface area (Å²) in [4.78, 5) is 11.6. The average Bonchev–Trinajstić information content (AvgIpc) is 2.79. The van der Waals surface area contributed by atoms with Gasteiger partial charge in [-0.25, -0.2) is 9.98 Å². The van der Waals surface area contributed by atoms with Crippen LogP contribution in [0, 0.1) is 0 Å². The third-order valence-corrected chi connectivity index (χ3v) is 4.66. The summed E-state index contributed by atoms with van der Waals surface area (Å²) in [6, 6.07) is 9.77. The lowest BCUT2D eigenvalue weighted by molar-refractivity contribution is 0.122. The maximum atomic E-state index is 5.67. The number of anilines is 2. The molecule has 0 amide bonds. The van der Waals surface area contributed by atoms with E-state index in [0.29, 0.717) is 30.6 Å². The highest BCUT2D eigenvalue weighted by atomic mass is 16.5. The molecule has 1 aliphatic rings. The highest BCUT2D eigenvalue weighted by molar-refractivity contribution is 5.94. The molecule has 1 aromatic heterocycles. The highest BCUT2D eigenvalue weighted by Crippen LogP contribution is 2.30. The predicted molar refractivity (Wildman–Crippen MR) is 120 cm³/mol. The molecule has 0 radical (unpaired) electrons. The molecule has 1 fully saturated rings. The van der Waals surface area contributed by atoms with Crippen LogP contribution in [-0.2, 0) is 11.3 Å². The number of hydrogen-bond acceptors (Lipinski definition) is 6. The smallest absolute Gasteiger partial charge is 0.196 e. The Morgan fingerprint density at radius 3 is 2.77 bits per heavy atom. The molecule has 3 rings (SSSR count). The molecule has 0 bridgehead atoms. The summed E-state index contributed by atoms with van der Waals surface area (Å²) in [5.41, 5.74) is 1.96. The largest absolute Gasteiger partial charge is 0.493 e. The van der Waals surface area contributed by atoms with Crippen LogP contribution in [0.15, 0.2) is 41.5 Å². The Labute approximate surface area is 178 Å². The number of nitrogens with zero attached hydrogens (tertiary/aromatic N) is 3. The van der Waals surface area contributed by atoms with Gasteiger partial charge in [-0.3, -0.25) is 0 Å². The van der Waals surface area contributed by atoms with Gasteiger partial charge < -0.3 is 29.7 Å². The van der Waals surface area contributed by atoms with Crippen LogP contribution in [0.25, 0.3) is 0 Å². The fraction of sp³-hybridized carbons (Fsp3) is 0.455. The quantitative estimate of drug-likeness (QED) is 0.509. The van der Waals surface area contributed by atoms with Crippen LogP contribution in [-0.4, -0.2) is 57.5 Å². The van der Waals surface area contributed by atoms with Crippen LogP contribution < -0.4 is 25.0 Å². The number of aromatic nitrogens is 1. The molecule has 1 saturated heterocycles. The molecule has 0 spiro atoms. The summed E-state index contributed by atoms with van der Waals surface area (Å²) in [6.07, 6.45) is 1.83. The van der Waals surface area contributed by atoms with Crippen molar-refractivity contribution in [3.8, 4) is 11.5 Å². The van der Waals surface area contributed by atoms with E-state index >= 15 is 0 Å². The first kappa shape index (κ1) is 21.7. The molecule has 2 aromatic rings. The maximum Gasteiger partial charge on any atom is 0.196 e. The molecule has 1 aliphatic heterocycles. The number of hydrogen-bond donors (Lipinski definition) is 2. The van der Waals surface area contributed by atoms with Crippen molar-refractivity contribution in [1.82, 2.24) is 10.3 Å². The molecular weight excluding hydrogens is 382 g/mol. The molecule has 2 N–H and O–H groups in total. The van der Waals surface area contributed by atoms with Gasteiger partial charge in [-0.1, -0.05) is 6.07 Å². The van der Waals surface area contributed by atoms with E-state index in [4.69, 9.17) is 19.2 Å². The van der Waals surface area contributed by atoms with E-state index < -0.39 is 0 Å². The van der Waals surface area contributed by atoms with Gasteiger partial charge in [0.15, 0.2) is 17.5 Å². The molecule has 0 aliphatic carbocycles. The zero-order valence-corrected chi connectivity index (χ0v) is 18.0. The van der Waals surface area contributed by atoms with E-state index in [-0.39, 0.29) is 0 Å². The number of benzene rings is 1. The summed E-state index contributed by atoms with van der Waals surface area (Å²) in [5, 5.41) is 6.64. The molecule has 0 saturated carbocycles. The van der Waals surface area contributed by atoms with E-state index in [1.165, 1.54) is 0 Å². The lowest BCUT2D eigenvalue weighted by atomic mass is 10.2. The Hall–Kier alpha value is -3.00. The number of guanidine groups is 1. The van der Waals surface area contributed by atoms with E-state index in [0.717, 1.165) is 49.9 Å². The Kier molecular flexibility index (Phi) is 8.14. The number of ether oxygens (including phenoxy) is 3. The second-order valence-electron chi connectivity index (χ2n) is 6.70. The van der Waals surface area contributed by atoms with Crippen molar-refractivity contribution >= 4 is 17.5 Å². The van der Waals surface area contributed by atoms with Gasteiger partial charge in [-0.15, -0.1) is 0 Å². The van der Waals surface area contributed by atoms with Crippen LogP contribution >= 0.6 is 0 Å². The van der Waals surface area contributed by atoms with Gasteiger partial charge in [0.2, 0.25) is 0 Å². The number of nitrogens with one attached hydrogen (secondary N) is 2. The summed E-state index contributed by atoms with van der Waals surface area (Å²) >= 11 is 0. The van der Waals surface area contributed by atoms with Crippen molar-refractivity contribution in [1.29, 1.82) is 0 Å². The van der Waals surface area contributed by atoms with E-state index in [1.807, 2.05) is 44.3 Å². The first-order chi connectivity index (χ1) is 14.7. The number of aliphatic imine (C=N–C) groups is 1. The van der Waals surface area contributed by atoms with Crippen LogP contribution in [0.1, 0.15) is 19.4 Å². The molecule has 0 atom stereocenters. The lowest BCUT2D eigenvalue weighted by Gasteiger charge is -2.29. The number of pyridine rings is 1. The van der Waals surface area contributed by atoms with Crippen molar-refractivity contribution < 1.29 is 14.2 Å². The van der Waals surface area contributed by atoms with Crippen LogP contribution in [0.5, 0.6) is 11.5 Å². The van der Waals surface area contributed by atoms with Crippen LogP contribution in [0.4, 0.5) is 11.5 Å². The second-order valence-corrected chi connectivity index (χ2v) is 6.70. The third-order valence-electron chi connectivity index (χ3n) is 4.66. The fourth-order valence-electron chi connectivity index (χ4n) is 3.24. The van der Waals surface area contributed by atoms with Crippen molar-refractivity contribution in [3.63, 3.8) is 0 Å². The highest BCUT2D eigenvalue weighted by Gasteiger charge is 2.15. The van der Waals surface area contributed by atoms with E-state index in [9.17, 15) is 0 Å². The molecule has 162 valence electrons.